The van der Waals surface area contributed by atoms with Crippen molar-refractivity contribution >= 4 is 23.0 Å². The van der Waals surface area contributed by atoms with E-state index in [1.54, 1.807) is 0 Å². The zero-order valence-electron chi connectivity index (χ0n) is 13.8. The summed E-state index contributed by atoms with van der Waals surface area (Å²) in [5, 5.41) is 7.37. The molecule has 0 bridgehead atoms. The van der Waals surface area contributed by atoms with Crippen molar-refractivity contribution in [2.24, 2.45) is 0 Å². The maximum Gasteiger partial charge on any atom is 0.170 e. The Morgan fingerprint density at radius 2 is 1.91 bits per heavy atom. The van der Waals surface area contributed by atoms with Crippen molar-refractivity contribution in [3.8, 4) is 5.75 Å². The minimum absolute atomic E-state index is 0.470. The van der Waals surface area contributed by atoms with Crippen LogP contribution in [0, 0.1) is 0 Å². The van der Waals surface area contributed by atoms with Gasteiger partial charge in [0.25, 0.3) is 0 Å². The number of ether oxygens (including phenoxy) is 1. The van der Waals surface area contributed by atoms with Crippen molar-refractivity contribution in [3.05, 3.63) is 24.3 Å². The third kappa shape index (κ3) is 5.14. The molecule has 1 aliphatic rings. The molecule has 0 unspecified atom stereocenters. The maximum atomic E-state index is 5.44. The molecule has 0 aliphatic carbocycles. The van der Waals surface area contributed by atoms with Crippen LogP contribution in [0.1, 0.15) is 33.6 Å². The van der Waals surface area contributed by atoms with Gasteiger partial charge >= 0.3 is 0 Å². The summed E-state index contributed by atoms with van der Waals surface area (Å²) in [6.45, 7) is 9.46. The lowest BCUT2D eigenvalue weighted by Crippen LogP contribution is -2.47. The highest BCUT2D eigenvalue weighted by Crippen LogP contribution is 2.16. The average Bonchev–Trinajstić information content (AvgIpc) is 2.50. The molecule has 1 fully saturated rings. The third-order valence-electron chi connectivity index (χ3n) is 4.02. The van der Waals surface area contributed by atoms with Crippen LogP contribution in [0.25, 0.3) is 0 Å². The molecule has 0 radical (unpaired) electrons. The van der Waals surface area contributed by atoms with Gasteiger partial charge in [-0.25, -0.2) is 0 Å². The van der Waals surface area contributed by atoms with Gasteiger partial charge in [-0.05, 0) is 70.1 Å². The molecule has 4 nitrogen and oxygen atoms in total. The number of benzene rings is 1. The van der Waals surface area contributed by atoms with E-state index < -0.39 is 0 Å². The van der Waals surface area contributed by atoms with Crippen LogP contribution >= 0.6 is 12.2 Å². The second-order valence-electron chi connectivity index (χ2n) is 5.96. The normalized spacial score (nSPS) is 16.5. The number of thiocarbonyl (C=S) groups is 1. The summed E-state index contributed by atoms with van der Waals surface area (Å²) in [6, 6.07) is 8.99. The van der Waals surface area contributed by atoms with Crippen molar-refractivity contribution in [2.75, 3.05) is 25.0 Å². The van der Waals surface area contributed by atoms with E-state index in [2.05, 4.69) is 29.4 Å². The molecule has 0 atom stereocenters. The topological polar surface area (TPSA) is 36.5 Å². The van der Waals surface area contributed by atoms with Gasteiger partial charge in [-0.15, -0.1) is 0 Å². The van der Waals surface area contributed by atoms with Crippen molar-refractivity contribution in [2.45, 2.75) is 45.7 Å². The zero-order valence-corrected chi connectivity index (χ0v) is 14.6. The fourth-order valence-corrected chi connectivity index (χ4v) is 3.00. The van der Waals surface area contributed by atoms with Gasteiger partial charge < -0.3 is 20.3 Å². The average molecular weight is 321 g/mol. The Balaban J connectivity index is 1.76. The number of anilines is 1. The first-order chi connectivity index (χ1) is 10.6. The van der Waals surface area contributed by atoms with Gasteiger partial charge in [-0.1, -0.05) is 0 Å². The van der Waals surface area contributed by atoms with E-state index >= 15 is 0 Å². The lowest BCUT2D eigenvalue weighted by Gasteiger charge is -2.35. The lowest BCUT2D eigenvalue weighted by atomic mass is 10.0. The Hall–Kier alpha value is -1.33. The standard InChI is InChI=1S/C17H27N3OS/c1-4-21-16-7-5-14(6-8-16)18-17(22)19-15-9-11-20(12-10-15)13(2)3/h5-8,13,15H,4,9-12H2,1-3H3,(H2,18,19,22). The molecule has 0 saturated carbocycles. The largest absolute Gasteiger partial charge is 0.494 e. The molecule has 1 aromatic rings. The van der Waals surface area contributed by atoms with Crippen LogP contribution in [-0.2, 0) is 0 Å². The van der Waals surface area contributed by atoms with E-state index in [0.717, 1.165) is 37.4 Å². The summed E-state index contributed by atoms with van der Waals surface area (Å²) in [7, 11) is 0. The van der Waals surface area contributed by atoms with Crippen LogP contribution in [-0.4, -0.2) is 41.8 Å². The molecule has 0 aromatic heterocycles. The van der Waals surface area contributed by atoms with Crippen molar-refractivity contribution in [1.29, 1.82) is 0 Å². The second kappa shape index (κ2) is 8.34. The van der Waals surface area contributed by atoms with Gasteiger partial charge in [0.15, 0.2) is 5.11 Å². The molecule has 0 amide bonds. The fraction of sp³-hybridized carbons (Fsp3) is 0.588. The number of nitrogens with zero attached hydrogens (tertiary/aromatic N) is 1. The number of rotatable bonds is 5. The second-order valence-corrected chi connectivity index (χ2v) is 6.37. The molecule has 2 N–H and O–H groups in total. The van der Waals surface area contributed by atoms with E-state index in [0.29, 0.717) is 23.8 Å². The Bertz CT molecular complexity index is 467. The van der Waals surface area contributed by atoms with Crippen molar-refractivity contribution in [1.82, 2.24) is 10.2 Å². The van der Waals surface area contributed by atoms with Gasteiger partial charge in [0, 0.05) is 30.9 Å². The number of hydrogen-bond acceptors (Lipinski definition) is 3. The fourth-order valence-electron chi connectivity index (χ4n) is 2.71. The number of piperidine rings is 1. The van der Waals surface area contributed by atoms with Crippen molar-refractivity contribution < 1.29 is 4.74 Å². The molecule has 1 aromatic carbocycles. The zero-order chi connectivity index (χ0) is 15.9. The quantitative estimate of drug-likeness (QED) is 0.814. The summed E-state index contributed by atoms with van der Waals surface area (Å²) in [5.41, 5.74) is 0.987. The Morgan fingerprint density at radius 3 is 2.45 bits per heavy atom. The molecule has 1 saturated heterocycles. The Morgan fingerprint density at radius 1 is 1.27 bits per heavy atom. The van der Waals surface area contributed by atoms with E-state index in [1.165, 1.54) is 0 Å². The van der Waals surface area contributed by atoms with Gasteiger partial charge in [-0.2, -0.15) is 0 Å². The molecule has 22 heavy (non-hydrogen) atoms. The number of nitrogens with one attached hydrogen (secondary N) is 2. The highest BCUT2D eigenvalue weighted by Gasteiger charge is 2.21. The van der Waals surface area contributed by atoms with E-state index in [1.807, 2.05) is 31.2 Å². The van der Waals surface area contributed by atoms with Crippen LogP contribution in [0.4, 0.5) is 5.69 Å². The number of likely N-dealkylation sites (tertiary alicyclic amines) is 1. The molecule has 1 heterocycles. The van der Waals surface area contributed by atoms with Crippen molar-refractivity contribution in [3.63, 3.8) is 0 Å². The van der Waals surface area contributed by atoms with E-state index in [4.69, 9.17) is 17.0 Å². The monoisotopic (exact) mass is 321 g/mol. The maximum absolute atomic E-state index is 5.44. The highest BCUT2D eigenvalue weighted by atomic mass is 32.1. The number of hydrogen-bond donors (Lipinski definition) is 2. The molecule has 2 rings (SSSR count). The Kier molecular flexibility index (Phi) is 6.46. The molecule has 5 heteroatoms. The molecular formula is C17H27N3OS. The first-order valence-corrected chi connectivity index (χ1v) is 8.53. The first-order valence-electron chi connectivity index (χ1n) is 8.13. The van der Waals surface area contributed by atoms with Gasteiger partial charge in [0.2, 0.25) is 0 Å². The van der Waals surface area contributed by atoms with E-state index in [-0.39, 0.29) is 0 Å². The van der Waals surface area contributed by atoms with Crippen LogP contribution in [0.3, 0.4) is 0 Å². The summed E-state index contributed by atoms with van der Waals surface area (Å²) in [5.74, 6) is 0.882. The Labute approximate surface area is 139 Å². The minimum atomic E-state index is 0.470. The SMILES string of the molecule is CCOc1ccc(NC(=S)NC2CCN(C(C)C)CC2)cc1. The van der Waals surface area contributed by atoms with Crippen LogP contribution in [0.15, 0.2) is 24.3 Å². The lowest BCUT2D eigenvalue weighted by molar-refractivity contribution is 0.168. The predicted molar refractivity (Wildman–Crippen MR) is 96.7 cm³/mol. The van der Waals surface area contributed by atoms with Gasteiger partial charge in [-0.3, -0.25) is 0 Å². The summed E-state index contributed by atoms with van der Waals surface area (Å²) < 4.78 is 5.44. The summed E-state index contributed by atoms with van der Waals surface area (Å²) >= 11 is 5.41. The molecule has 1 aliphatic heterocycles. The smallest absolute Gasteiger partial charge is 0.170 e. The molecule has 0 spiro atoms. The van der Waals surface area contributed by atoms with Crippen LogP contribution in [0.5, 0.6) is 5.75 Å². The van der Waals surface area contributed by atoms with Crippen LogP contribution in [0.2, 0.25) is 0 Å². The minimum Gasteiger partial charge on any atom is -0.494 e. The van der Waals surface area contributed by atoms with E-state index in [9.17, 15) is 0 Å². The predicted octanol–water partition coefficient (Wildman–Crippen LogP) is 3.24. The third-order valence-corrected chi connectivity index (χ3v) is 4.24. The van der Waals surface area contributed by atoms with Gasteiger partial charge in [0.1, 0.15) is 5.75 Å². The highest BCUT2D eigenvalue weighted by molar-refractivity contribution is 7.80. The summed E-state index contributed by atoms with van der Waals surface area (Å²) in [4.78, 5) is 2.51. The molecule has 122 valence electrons. The first kappa shape index (κ1) is 17.0. The molecular weight excluding hydrogens is 294 g/mol. The van der Waals surface area contributed by atoms with Gasteiger partial charge in [0.05, 0.1) is 6.61 Å². The summed E-state index contributed by atoms with van der Waals surface area (Å²) in [6.07, 6.45) is 2.28. The van der Waals surface area contributed by atoms with Crippen LogP contribution < -0.4 is 15.4 Å².